The Labute approximate surface area is 292 Å². The van der Waals surface area contributed by atoms with Crippen LogP contribution >= 0.6 is 15.6 Å². The van der Waals surface area contributed by atoms with E-state index in [4.69, 9.17) is 48.0 Å². The largest absolute Gasteiger partial charge is 0.472 e. The number of aliphatic hydroxyl groups is 2. The van der Waals surface area contributed by atoms with Crippen LogP contribution in [0.3, 0.4) is 0 Å². The summed E-state index contributed by atoms with van der Waals surface area (Å²) in [4.78, 5) is 59.1. The molecule has 286 valence electrons. The normalized spacial score (nSPS) is 28.5. The molecular weight excluding hydrogens is 742 g/mol. The number of H-pyrrole nitrogens is 1. The first-order valence-corrected chi connectivity index (χ1v) is 18.4. The van der Waals surface area contributed by atoms with Gasteiger partial charge in [0.25, 0.3) is 5.56 Å². The minimum Gasteiger partial charge on any atom is -0.387 e. The minimum absolute atomic E-state index is 0.0309. The Morgan fingerprint density at radius 3 is 2.42 bits per heavy atom. The summed E-state index contributed by atoms with van der Waals surface area (Å²) >= 11 is 0. The number of aromatic nitrogens is 6. The van der Waals surface area contributed by atoms with Crippen molar-refractivity contribution in [3.63, 3.8) is 0 Å². The van der Waals surface area contributed by atoms with Crippen LogP contribution < -0.4 is 17.0 Å². The number of phosphoric acid groups is 2. The van der Waals surface area contributed by atoms with Crippen LogP contribution in [-0.4, -0.2) is 126 Å². The van der Waals surface area contributed by atoms with E-state index in [1.54, 1.807) is 0 Å². The van der Waals surface area contributed by atoms with Crippen LogP contribution in [0.5, 0.6) is 0 Å². The molecule has 3 aromatic heterocycles. The Morgan fingerprint density at radius 1 is 0.962 bits per heavy atom. The lowest BCUT2D eigenvalue weighted by Crippen LogP contribution is -2.39. The number of aliphatic hydroxyl groups excluding tert-OH is 2. The predicted molar refractivity (Wildman–Crippen MR) is 170 cm³/mol. The number of nitrogens with one attached hydrogen (secondary N) is 1. The molecule has 6 unspecified atom stereocenters. The zero-order chi connectivity index (χ0) is 37.6. The van der Waals surface area contributed by atoms with Gasteiger partial charge in [0, 0.05) is 25.8 Å². The van der Waals surface area contributed by atoms with Gasteiger partial charge in [0.05, 0.1) is 45.4 Å². The van der Waals surface area contributed by atoms with Crippen molar-refractivity contribution in [2.75, 3.05) is 45.9 Å². The van der Waals surface area contributed by atoms with Gasteiger partial charge in [0.2, 0.25) is 0 Å². The second-order valence-electron chi connectivity index (χ2n) is 11.2. The van der Waals surface area contributed by atoms with Gasteiger partial charge in [-0.3, -0.25) is 37.0 Å². The SMILES string of the molecule is COCCOC1C(OP(=O)(O)OC[C@H]2O[C@@H](n3ccc(=O)[nH]c3=O)C(O)C2O)[C@@H](COP(=O)(O)OCCCC#N)O[C@H]1n1cnc2c(N)ncnc21. The summed E-state index contributed by atoms with van der Waals surface area (Å²) in [6, 6.07) is 2.85. The zero-order valence-corrected chi connectivity index (χ0v) is 29.0. The quantitative estimate of drug-likeness (QED) is 0.0628. The second-order valence-corrected chi connectivity index (χ2v) is 14.1. The molecular formula is C26H36N8O16P2. The first-order valence-electron chi connectivity index (χ1n) is 15.4. The highest BCUT2D eigenvalue weighted by Gasteiger charge is 2.52. The van der Waals surface area contributed by atoms with E-state index in [1.165, 1.54) is 18.0 Å². The lowest BCUT2D eigenvalue weighted by molar-refractivity contribution is -0.0796. The number of fused-ring (bicyclic) bond motifs is 1. The van der Waals surface area contributed by atoms with Crippen LogP contribution in [-0.2, 0) is 46.2 Å². The Kier molecular flexibility index (Phi) is 13.1. The number of hydrogen-bond acceptors (Lipinski definition) is 19. The zero-order valence-electron chi connectivity index (χ0n) is 27.2. The number of methoxy groups -OCH3 is 1. The number of nitrogens with zero attached hydrogens (tertiary/aromatic N) is 6. The van der Waals surface area contributed by atoms with Gasteiger partial charge in [-0.2, -0.15) is 5.26 Å². The third-order valence-electron chi connectivity index (χ3n) is 7.75. The number of imidazole rings is 1. The van der Waals surface area contributed by atoms with Crippen LogP contribution in [0.4, 0.5) is 5.82 Å². The van der Waals surface area contributed by atoms with E-state index >= 15 is 0 Å². The highest BCUT2D eigenvalue weighted by Crippen LogP contribution is 2.51. The number of nitrogen functional groups attached to an aromatic ring is 1. The average molecular weight is 779 g/mol. The maximum Gasteiger partial charge on any atom is 0.472 e. The smallest absolute Gasteiger partial charge is 0.387 e. The molecule has 10 atom stereocenters. The molecule has 0 bridgehead atoms. The molecule has 24 nitrogen and oxygen atoms in total. The third kappa shape index (κ3) is 9.34. The molecule has 2 saturated heterocycles. The summed E-state index contributed by atoms with van der Waals surface area (Å²) in [5.74, 6) is 0.0309. The molecule has 0 aliphatic carbocycles. The van der Waals surface area contributed by atoms with Crippen LogP contribution in [0.2, 0.25) is 0 Å². The van der Waals surface area contributed by atoms with E-state index in [2.05, 4.69) is 15.0 Å². The highest BCUT2D eigenvalue weighted by molar-refractivity contribution is 7.47. The van der Waals surface area contributed by atoms with Crippen molar-refractivity contribution in [1.82, 2.24) is 29.1 Å². The maximum absolute atomic E-state index is 13.5. The molecule has 0 spiro atoms. The van der Waals surface area contributed by atoms with E-state index in [0.717, 1.165) is 23.2 Å². The summed E-state index contributed by atoms with van der Waals surface area (Å²) in [6.07, 6.45) is -8.41. The van der Waals surface area contributed by atoms with Crippen LogP contribution in [0.15, 0.2) is 34.5 Å². The first-order chi connectivity index (χ1) is 24.7. The fourth-order valence-electron chi connectivity index (χ4n) is 5.31. The van der Waals surface area contributed by atoms with Gasteiger partial charge in [-0.05, 0) is 6.42 Å². The number of nitrogens with two attached hydrogens (primary N) is 1. The van der Waals surface area contributed by atoms with E-state index in [0.29, 0.717) is 0 Å². The molecule has 2 aliphatic rings. The fourth-order valence-corrected chi connectivity index (χ4v) is 7.04. The Morgan fingerprint density at radius 2 is 1.69 bits per heavy atom. The molecule has 3 aromatic rings. The van der Waals surface area contributed by atoms with Gasteiger partial charge in [0.15, 0.2) is 23.9 Å². The second kappa shape index (κ2) is 17.1. The van der Waals surface area contributed by atoms with Gasteiger partial charge in [-0.1, -0.05) is 0 Å². The van der Waals surface area contributed by atoms with Crippen LogP contribution in [0, 0.1) is 11.3 Å². The Bertz CT molecular complexity index is 1940. The number of aromatic amines is 1. The number of nitriles is 1. The standard InChI is InChI=1S/C26H36N8O16P2/c1-43-8-9-44-21-20(50-52(41,42)47-10-14-18(36)19(37)24(48-14)33-6-4-16(35)32-26(33)38)15(11-46-51(39,40)45-7-3-2-5-27)49-25(21)34-13-31-17-22(28)29-12-30-23(17)34/h4,6,12-15,18-21,24-25,36-37H,2-3,7-11H2,1H3,(H,39,40)(H,41,42)(H2,28,29,30)(H,32,35,38)/t14-,15-,18?,19?,20?,21?,24-,25-/m1/s1. The van der Waals surface area contributed by atoms with Gasteiger partial charge < -0.3 is 44.7 Å². The number of phosphoric ester groups is 2. The van der Waals surface area contributed by atoms with Crippen molar-refractivity contribution < 1.29 is 66.2 Å². The molecule has 0 radical (unpaired) electrons. The highest BCUT2D eigenvalue weighted by atomic mass is 31.2. The first kappa shape index (κ1) is 39.7. The summed E-state index contributed by atoms with van der Waals surface area (Å²) < 4.78 is 71.7. The topological polar surface area (TPSA) is 337 Å². The minimum atomic E-state index is -5.21. The van der Waals surface area contributed by atoms with Gasteiger partial charge >= 0.3 is 21.3 Å². The number of hydrogen-bond donors (Lipinski definition) is 6. The molecule has 0 saturated carbocycles. The maximum atomic E-state index is 13.5. The lowest BCUT2D eigenvalue weighted by Gasteiger charge is -2.27. The van der Waals surface area contributed by atoms with Crippen molar-refractivity contribution in [1.29, 1.82) is 5.26 Å². The van der Waals surface area contributed by atoms with Crippen molar-refractivity contribution >= 4 is 32.6 Å². The molecule has 52 heavy (non-hydrogen) atoms. The molecule has 0 aromatic carbocycles. The molecule has 2 fully saturated rings. The molecule has 0 amide bonds. The molecule has 7 N–H and O–H groups in total. The average Bonchev–Trinajstić information content (AvgIpc) is 3.75. The van der Waals surface area contributed by atoms with E-state index in [1.807, 2.05) is 11.1 Å². The number of unbranched alkanes of at least 4 members (excludes halogenated alkanes) is 1. The molecule has 5 heterocycles. The van der Waals surface area contributed by atoms with Crippen molar-refractivity contribution in [3.8, 4) is 6.07 Å². The third-order valence-corrected chi connectivity index (χ3v) is 9.72. The van der Waals surface area contributed by atoms with Crippen molar-refractivity contribution in [2.24, 2.45) is 0 Å². The summed E-state index contributed by atoms with van der Waals surface area (Å²) in [5, 5.41) is 29.8. The number of rotatable bonds is 18. The van der Waals surface area contributed by atoms with Crippen LogP contribution in [0.25, 0.3) is 11.2 Å². The van der Waals surface area contributed by atoms with Gasteiger partial charge in [-0.25, -0.2) is 28.9 Å². The molecule has 26 heteroatoms. The van der Waals surface area contributed by atoms with E-state index in [9.17, 15) is 38.7 Å². The van der Waals surface area contributed by atoms with Crippen molar-refractivity contribution in [3.05, 3.63) is 45.8 Å². The van der Waals surface area contributed by atoms with Gasteiger partial charge in [-0.15, -0.1) is 0 Å². The number of anilines is 1. The summed E-state index contributed by atoms with van der Waals surface area (Å²) in [6.45, 7) is -1.99. The predicted octanol–water partition coefficient (Wildman–Crippen LogP) is -1.55. The summed E-state index contributed by atoms with van der Waals surface area (Å²) in [5.41, 5.74) is 4.61. The number of ether oxygens (including phenoxy) is 4. The Hall–Kier alpha value is -3.50. The molecule has 5 rings (SSSR count). The lowest BCUT2D eigenvalue weighted by atomic mass is 10.1. The molecule has 2 aliphatic heterocycles. The van der Waals surface area contributed by atoms with Crippen LogP contribution in [0.1, 0.15) is 25.3 Å². The van der Waals surface area contributed by atoms with E-state index < -0.39 is 89.2 Å². The fraction of sp³-hybridized carbons (Fsp3) is 0.615. The van der Waals surface area contributed by atoms with E-state index in [-0.39, 0.29) is 49.6 Å². The monoisotopic (exact) mass is 778 g/mol. The Balaban J connectivity index is 1.37. The van der Waals surface area contributed by atoms with Gasteiger partial charge in [0.1, 0.15) is 48.5 Å². The van der Waals surface area contributed by atoms with Crippen molar-refractivity contribution in [2.45, 2.75) is 61.9 Å². The summed E-state index contributed by atoms with van der Waals surface area (Å²) in [7, 11) is -8.56.